The quantitative estimate of drug-likeness (QED) is 0.804. The molecule has 0 saturated carbocycles. The third kappa shape index (κ3) is 3.42. The monoisotopic (exact) mass is 316 g/mol. The molecule has 0 bridgehead atoms. The van der Waals surface area contributed by atoms with Crippen LogP contribution in [-0.2, 0) is 9.53 Å². The van der Waals surface area contributed by atoms with Gasteiger partial charge in [-0.3, -0.25) is 19.3 Å². The zero-order valence-corrected chi connectivity index (χ0v) is 12.9. The molecule has 0 aliphatic carbocycles. The molecule has 2 heterocycles. The molecule has 2 aliphatic rings. The van der Waals surface area contributed by atoms with Gasteiger partial charge in [0.15, 0.2) is 0 Å². The Bertz CT molecular complexity index is 588. The topological polar surface area (TPSA) is 75.7 Å². The molecule has 3 rings (SSSR count). The van der Waals surface area contributed by atoms with E-state index in [-0.39, 0.29) is 36.8 Å². The van der Waals surface area contributed by atoms with Gasteiger partial charge in [-0.1, -0.05) is 12.1 Å². The van der Waals surface area contributed by atoms with Crippen molar-refractivity contribution in [3.8, 4) is 0 Å². The number of hydrogen-bond donors (Lipinski definition) is 1. The fourth-order valence-electron chi connectivity index (χ4n) is 2.99. The van der Waals surface area contributed by atoms with Crippen molar-refractivity contribution in [1.29, 1.82) is 0 Å². The van der Waals surface area contributed by atoms with Crippen molar-refractivity contribution in [2.24, 2.45) is 0 Å². The highest BCUT2D eigenvalue weighted by molar-refractivity contribution is 6.21. The maximum atomic E-state index is 12.2. The molecule has 0 spiro atoms. The lowest BCUT2D eigenvalue weighted by Gasteiger charge is -2.14. The van der Waals surface area contributed by atoms with Crippen molar-refractivity contribution < 1.29 is 19.1 Å². The van der Waals surface area contributed by atoms with Crippen LogP contribution in [0.1, 0.15) is 46.4 Å². The fourth-order valence-corrected chi connectivity index (χ4v) is 2.99. The van der Waals surface area contributed by atoms with Crippen LogP contribution in [0.3, 0.4) is 0 Å². The molecule has 1 unspecified atom stereocenters. The summed E-state index contributed by atoms with van der Waals surface area (Å²) in [6.45, 7) is 1.47. The number of rotatable bonds is 6. The lowest BCUT2D eigenvalue weighted by atomic mass is 10.1. The van der Waals surface area contributed by atoms with Gasteiger partial charge in [-0.15, -0.1) is 0 Å². The van der Waals surface area contributed by atoms with E-state index < -0.39 is 0 Å². The first kappa shape index (κ1) is 15.7. The van der Waals surface area contributed by atoms with Gasteiger partial charge in [0.2, 0.25) is 5.91 Å². The molecule has 1 atom stereocenters. The highest BCUT2D eigenvalue weighted by atomic mass is 16.5. The average Bonchev–Trinajstić information content (AvgIpc) is 3.15. The summed E-state index contributed by atoms with van der Waals surface area (Å²) in [6, 6.07) is 6.73. The highest BCUT2D eigenvalue weighted by Crippen LogP contribution is 2.22. The summed E-state index contributed by atoms with van der Waals surface area (Å²) in [5, 5.41) is 2.82. The second kappa shape index (κ2) is 6.91. The SMILES string of the molecule is O=C(CCN1C(=O)c2ccccc2C1=O)NCCC1CCCO1. The van der Waals surface area contributed by atoms with E-state index in [2.05, 4.69) is 5.32 Å². The molecule has 122 valence electrons. The number of ether oxygens (including phenoxy) is 1. The van der Waals surface area contributed by atoms with Crippen LogP contribution in [0.5, 0.6) is 0 Å². The van der Waals surface area contributed by atoms with E-state index in [0.29, 0.717) is 17.7 Å². The lowest BCUT2D eigenvalue weighted by molar-refractivity contribution is -0.121. The molecule has 2 aliphatic heterocycles. The Hall–Kier alpha value is -2.21. The maximum absolute atomic E-state index is 12.2. The smallest absolute Gasteiger partial charge is 0.261 e. The second-order valence-corrected chi connectivity index (χ2v) is 5.83. The zero-order chi connectivity index (χ0) is 16.2. The molecule has 1 N–H and O–H groups in total. The summed E-state index contributed by atoms with van der Waals surface area (Å²) in [4.78, 5) is 37.3. The van der Waals surface area contributed by atoms with Crippen LogP contribution in [0.2, 0.25) is 0 Å². The first-order chi connectivity index (χ1) is 11.2. The number of carbonyl (C=O) groups excluding carboxylic acids is 3. The number of carbonyl (C=O) groups is 3. The third-order valence-electron chi connectivity index (χ3n) is 4.25. The largest absolute Gasteiger partial charge is 0.378 e. The Kier molecular flexibility index (Phi) is 4.71. The fraction of sp³-hybridized carbons (Fsp3) is 0.471. The van der Waals surface area contributed by atoms with Crippen LogP contribution in [0.25, 0.3) is 0 Å². The molecule has 6 heteroatoms. The summed E-state index contributed by atoms with van der Waals surface area (Å²) in [5.74, 6) is -0.796. The summed E-state index contributed by atoms with van der Waals surface area (Å²) < 4.78 is 5.49. The van der Waals surface area contributed by atoms with Gasteiger partial charge in [0, 0.05) is 26.1 Å². The van der Waals surface area contributed by atoms with Crippen LogP contribution in [-0.4, -0.2) is 48.4 Å². The molecule has 0 radical (unpaired) electrons. The normalized spacial score (nSPS) is 20.0. The second-order valence-electron chi connectivity index (χ2n) is 5.83. The summed E-state index contributed by atoms with van der Waals surface area (Å²) in [6.07, 6.45) is 3.30. The van der Waals surface area contributed by atoms with E-state index in [1.54, 1.807) is 24.3 Å². The zero-order valence-electron chi connectivity index (χ0n) is 12.9. The van der Waals surface area contributed by atoms with E-state index in [1.165, 1.54) is 0 Å². The molecule has 1 fully saturated rings. The molecule has 3 amide bonds. The Balaban J connectivity index is 1.44. The molecular formula is C17H20N2O4. The van der Waals surface area contributed by atoms with E-state index in [0.717, 1.165) is 30.8 Å². The van der Waals surface area contributed by atoms with Gasteiger partial charge >= 0.3 is 0 Å². The van der Waals surface area contributed by atoms with Crippen LogP contribution >= 0.6 is 0 Å². The number of nitrogens with one attached hydrogen (secondary N) is 1. The standard InChI is InChI=1S/C17H20N2O4/c20-15(18-9-7-12-4-3-11-23-12)8-10-19-16(21)13-5-1-2-6-14(13)17(19)22/h1-2,5-6,12H,3-4,7-11H2,(H,18,20). The van der Waals surface area contributed by atoms with Crippen molar-refractivity contribution in [2.75, 3.05) is 19.7 Å². The van der Waals surface area contributed by atoms with Gasteiger partial charge in [0.05, 0.1) is 17.2 Å². The van der Waals surface area contributed by atoms with Gasteiger partial charge in [-0.05, 0) is 31.4 Å². The van der Waals surface area contributed by atoms with Gasteiger partial charge in [0.1, 0.15) is 0 Å². The van der Waals surface area contributed by atoms with Crippen LogP contribution in [0.15, 0.2) is 24.3 Å². The first-order valence-corrected chi connectivity index (χ1v) is 8.00. The van der Waals surface area contributed by atoms with Crippen molar-refractivity contribution >= 4 is 17.7 Å². The van der Waals surface area contributed by atoms with E-state index in [4.69, 9.17) is 4.74 Å². The van der Waals surface area contributed by atoms with E-state index >= 15 is 0 Å². The predicted molar refractivity (Wildman–Crippen MR) is 83.0 cm³/mol. The lowest BCUT2D eigenvalue weighted by Crippen LogP contribution is -2.35. The molecule has 0 aromatic heterocycles. The summed E-state index contributed by atoms with van der Waals surface area (Å²) in [7, 11) is 0. The Morgan fingerprint density at radius 2 is 1.91 bits per heavy atom. The van der Waals surface area contributed by atoms with Crippen molar-refractivity contribution in [3.05, 3.63) is 35.4 Å². The minimum absolute atomic E-state index is 0.109. The summed E-state index contributed by atoms with van der Waals surface area (Å²) in [5.41, 5.74) is 0.826. The number of imide groups is 1. The summed E-state index contributed by atoms with van der Waals surface area (Å²) >= 11 is 0. The highest BCUT2D eigenvalue weighted by Gasteiger charge is 2.34. The Morgan fingerprint density at radius 3 is 2.52 bits per heavy atom. The van der Waals surface area contributed by atoms with E-state index in [1.807, 2.05) is 0 Å². The van der Waals surface area contributed by atoms with Crippen LogP contribution in [0, 0.1) is 0 Å². The number of nitrogens with zero attached hydrogens (tertiary/aromatic N) is 1. The Morgan fingerprint density at radius 1 is 1.22 bits per heavy atom. The molecule has 1 aromatic carbocycles. The molecule has 1 aromatic rings. The van der Waals surface area contributed by atoms with E-state index in [9.17, 15) is 14.4 Å². The van der Waals surface area contributed by atoms with Crippen molar-refractivity contribution in [2.45, 2.75) is 31.8 Å². The number of fused-ring (bicyclic) bond motifs is 1. The van der Waals surface area contributed by atoms with Crippen LogP contribution in [0.4, 0.5) is 0 Å². The minimum atomic E-state index is -0.322. The molecule has 23 heavy (non-hydrogen) atoms. The number of hydrogen-bond acceptors (Lipinski definition) is 4. The van der Waals surface area contributed by atoms with Gasteiger partial charge < -0.3 is 10.1 Å². The minimum Gasteiger partial charge on any atom is -0.378 e. The predicted octanol–water partition coefficient (Wildman–Crippen LogP) is 1.36. The van der Waals surface area contributed by atoms with Gasteiger partial charge in [-0.25, -0.2) is 0 Å². The average molecular weight is 316 g/mol. The first-order valence-electron chi connectivity index (χ1n) is 8.00. The molecule has 1 saturated heterocycles. The molecular weight excluding hydrogens is 296 g/mol. The number of amides is 3. The number of benzene rings is 1. The molecule has 6 nitrogen and oxygen atoms in total. The van der Waals surface area contributed by atoms with Gasteiger partial charge in [-0.2, -0.15) is 0 Å². The van der Waals surface area contributed by atoms with Crippen LogP contribution < -0.4 is 5.32 Å². The van der Waals surface area contributed by atoms with Crippen molar-refractivity contribution in [3.63, 3.8) is 0 Å². The van der Waals surface area contributed by atoms with Gasteiger partial charge in [0.25, 0.3) is 11.8 Å². The maximum Gasteiger partial charge on any atom is 0.261 e. The van der Waals surface area contributed by atoms with Crippen molar-refractivity contribution in [1.82, 2.24) is 10.2 Å². The Labute approximate surface area is 134 Å². The third-order valence-corrected chi connectivity index (χ3v) is 4.25.